The van der Waals surface area contributed by atoms with Gasteiger partial charge in [0, 0.05) is 0 Å². The first-order valence-corrected chi connectivity index (χ1v) is 6.88. The summed E-state index contributed by atoms with van der Waals surface area (Å²) in [4.78, 5) is 11.6. The maximum Gasteiger partial charge on any atom is 0.328 e. The summed E-state index contributed by atoms with van der Waals surface area (Å²) in [6, 6.07) is 0. The van der Waals surface area contributed by atoms with E-state index in [2.05, 4.69) is 52.9 Å². The molecule has 0 bridgehead atoms. The van der Waals surface area contributed by atoms with E-state index in [4.69, 9.17) is 4.74 Å². The molecule has 0 N–H and O–H groups in total. The minimum Gasteiger partial charge on any atom is -0.459 e. The Morgan fingerprint density at radius 3 is 2.31 bits per heavy atom. The molecule has 0 aromatic carbocycles. The van der Waals surface area contributed by atoms with E-state index in [0.29, 0.717) is 9.21 Å². The van der Waals surface area contributed by atoms with Crippen molar-refractivity contribution in [2.24, 2.45) is 0 Å². The molecule has 0 saturated heterocycles. The molecule has 4 nitrogen and oxygen atoms in total. The number of ether oxygens (including phenoxy) is 1. The second-order valence-corrected chi connectivity index (χ2v) is 6.43. The van der Waals surface area contributed by atoms with Gasteiger partial charge in [-0.3, -0.25) is 4.79 Å². The van der Waals surface area contributed by atoms with Crippen LogP contribution in [-0.4, -0.2) is 21.4 Å². The van der Waals surface area contributed by atoms with Gasteiger partial charge >= 0.3 is 5.97 Å². The lowest BCUT2D eigenvalue weighted by atomic mass is 10.2. The average molecular weight is 419 g/mol. The summed E-state index contributed by atoms with van der Waals surface area (Å²) in [6.07, 6.45) is 0. The van der Waals surface area contributed by atoms with Gasteiger partial charge in [0.1, 0.15) is 21.4 Å². The van der Waals surface area contributed by atoms with Crippen LogP contribution in [0.2, 0.25) is 0 Å². The molecule has 0 aliphatic rings. The molecule has 1 aromatic heterocycles. The SMILES string of the molecule is CC(C)(C)OC(=O)Cn1nc(Br)c(Br)c1Br. The molecule has 0 aliphatic heterocycles. The first kappa shape index (κ1) is 14.2. The summed E-state index contributed by atoms with van der Waals surface area (Å²) >= 11 is 9.90. The van der Waals surface area contributed by atoms with Crippen LogP contribution in [0.1, 0.15) is 20.8 Å². The Kier molecular flexibility index (Phi) is 4.59. The van der Waals surface area contributed by atoms with Crippen LogP contribution in [0, 0.1) is 0 Å². The first-order chi connectivity index (χ1) is 7.20. The molecule has 90 valence electrons. The van der Waals surface area contributed by atoms with Crippen molar-refractivity contribution in [3.63, 3.8) is 0 Å². The quantitative estimate of drug-likeness (QED) is 0.690. The maximum atomic E-state index is 11.6. The number of esters is 1. The van der Waals surface area contributed by atoms with Gasteiger partial charge in [0.15, 0.2) is 0 Å². The fourth-order valence-corrected chi connectivity index (χ4v) is 2.31. The Hall–Kier alpha value is 0.120. The monoisotopic (exact) mass is 416 g/mol. The third-order valence-electron chi connectivity index (χ3n) is 1.50. The minimum atomic E-state index is -0.481. The molecule has 0 aliphatic carbocycles. The van der Waals surface area contributed by atoms with Crippen LogP contribution in [0.4, 0.5) is 0 Å². The van der Waals surface area contributed by atoms with Crippen molar-refractivity contribution < 1.29 is 9.53 Å². The largest absolute Gasteiger partial charge is 0.459 e. The van der Waals surface area contributed by atoms with Gasteiger partial charge in [-0.2, -0.15) is 5.10 Å². The van der Waals surface area contributed by atoms with E-state index in [1.807, 2.05) is 20.8 Å². The number of carbonyl (C=O) groups is 1. The molecule has 0 spiro atoms. The molecule has 0 radical (unpaired) electrons. The van der Waals surface area contributed by atoms with E-state index in [9.17, 15) is 4.79 Å². The zero-order chi connectivity index (χ0) is 12.5. The molecule has 0 fully saturated rings. The van der Waals surface area contributed by atoms with E-state index in [1.54, 1.807) is 0 Å². The van der Waals surface area contributed by atoms with Gasteiger partial charge < -0.3 is 4.74 Å². The molecule has 1 aromatic rings. The van der Waals surface area contributed by atoms with E-state index in [1.165, 1.54) is 4.68 Å². The van der Waals surface area contributed by atoms with E-state index >= 15 is 0 Å². The number of hydrogen-bond acceptors (Lipinski definition) is 3. The first-order valence-electron chi connectivity index (χ1n) is 4.50. The second kappa shape index (κ2) is 5.18. The molecule has 0 atom stereocenters. The summed E-state index contributed by atoms with van der Waals surface area (Å²) in [5.74, 6) is -0.323. The van der Waals surface area contributed by atoms with Crippen molar-refractivity contribution in [3.05, 3.63) is 13.7 Å². The number of carbonyl (C=O) groups excluding carboxylic acids is 1. The van der Waals surface area contributed by atoms with E-state index in [-0.39, 0.29) is 12.5 Å². The highest BCUT2D eigenvalue weighted by atomic mass is 79.9. The van der Waals surface area contributed by atoms with E-state index < -0.39 is 5.60 Å². The van der Waals surface area contributed by atoms with Crippen molar-refractivity contribution in [2.45, 2.75) is 32.9 Å². The minimum absolute atomic E-state index is 0.0715. The van der Waals surface area contributed by atoms with Gasteiger partial charge in [-0.1, -0.05) is 0 Å². The Labute approximate surface area is 119 Å². The molecule has 1 heterocycles. The summed E-state index contributed by atoms with van der Waals surface area (Å²) in [7, 11) is 0. The normalized spacial score (nSPS) is 11.6. The van der Waals surface area contributed by atoms with Gasteiger partial charge in [-0.05, 0) is 68.6 Å². The van der Waals surface area contributed by atoms with Crippen molar-refractivity contribution in [3.8, 4) is 0 Å². The van der Waals surface area contributed by atoms with Gasteiger partial charge in [0.2, 0.25) is 0 Å². The van der Waals surface area contributed by atoms with Crippen LogP contribution >= 0.6 is 47.8 Å². The molecular weight excluding hydrogens is 408 g/mol. The van der Waals surface area contributed by atoms with Crippen LogP contribution in [0.5, 0.6) is 0 Å². The lowest BCUT2D eigenvalue weighted by Crippen LogP contribution is -2.26. The molecule has 0 saturated carbocycles. The molecule has 0 amide bonds. The summed E-state index contributed by atoms with van der Waals surface area (Å²) in [6.45, 7) is 5.56. The van der Waals surface area contributed by atoms with Crippen LogP contribution in [0.3, 0.4) is 0 Å². The number of halogens is 3. The lowest BCUT2D eigenvalue weighted by Gasteiger charge is -2.19. The molecule has 0 unspecified atom stereocenters. The van der Waals surface area contributed by atoms with Gasteiger partial charge in [0.05, 0.1) is 4.47 Å². The van der Waals surface area contributed by atoms with Crippen molar-refractivity contribution >= 4 is 53.8 Å². The van der Waals surface area contributed by atoms with Crippen molar-refractivity contribution in [1.82, 2.24) is 9.78 Å². The predicted octanol–water partition coefficient (Wildman–Crippen LogP) is 3.51. The summed E-state index contributed by atoms with van der Waals surface area (Å²) in [5.41, 5.74) is -0.481. The zero-order valence-corrected chi connectivity index (χ0v) is 13.8. The average Bonchev–Trinajstić information content (AvgIpc) is 2.30. The van der Waals surface area contributed by atoms with Gasteiger partial charge in [0.25, 0.3) is 0 Å². The zero-order valence-electron chi connectivity index (χ0n) is 9.05. The number of aromatic nitrogens is 2. The summed E-state index contributed by atoms with van der Waals surface area (Å²) < 4.78 is 8.83. The molecule has 16 heavy (non-hydrogen) atoms. The van der Waals surface area contributed by atoms with Crippen LogP contribution in [0.15, 0.2) is 13.7 Å². The predicted molar refractivity (Wildman–Crippen MR) is 71.2 cm³/mol. The molecule has 1 rings (SSSR count). The smallest absolute Gasteiger partial charge is 0.328 e. The second-order valence-electron chi connectivity index (χ2n) is 4.14. The Bertz CT molecular complexity index is 410. The topological polar surface area (TPSA) is 44.1 Å². The highest BCUT2D eigenvalue weighted by Crippen LogP contribution is 2.30. The molecule has 7 heteroatoms. The van der Waals surface area contributed by atoms with Gasteiger partial charge in [-0.15, -0.1) is 0 Å². The maximum absolute atomic E-state index is 11.6. The highest BCUT2D eigenvalue weighted by Gasteiger charge is 2.19. The fraction of sp³-hybridized carbons (Fsp3) is 0.556. The van der Waals surface area contributed by atoms with Crippen molar-refractivity contribution in [2.75, 3.05) is 0 Å². The highest BCUT2D eigenvalue weighted by molar-refractivity contribution is 9.14. The number of nitrogens with zero attached hydrogens (tertiary/aromatic N) is 2. The third kappa shape index (κ3) is 3.85. The van der Waals surface area contributed by atoms with Crippen LogP contribution in [0.25, 0.3) is 0 Å². The third-order valence-corrected chi connectivity index (χ3v) is 4.67. The Morgan fingerprint density at radius 2 is 1.94 bits per heavy atom. The van der Waals surface area contributed by atoms with E-state index in [0.717, 1.165) is 4.47 Å². The van der Waals surface area contributed by atoms with Crippen LogP contribution < -0.4 is 0 Å². The number of hydrogen-bond donors (Lipinski definition) is 0. The van der Waals surface area contributed by atoms with Crippen molar-refractivity contribution in [1.29, 1.82) is 0 Å². The lowest BCUT2D eigenvalue weighted by molar-refractivity contribution is -0.155. The fourth-order valence-electron chi connectivity index (χ4n) is 0.993. The Balaban J connectivity index is 2.74. The van der Waals surface area contributed by atoms with Gasteiger partial charge in [-0.25, -0.2) is 4.68 Å². The summed E-state index contributed by atoms with van der Waals surface area (Å²) in [5, 5.41) is 4.12. The standard InChI is InChI=1S/C9H11Br3N2O2/c1-9(2,3)16-5(15)4-14-8(12)6(10)7(11)13-14/h4H2,1-3H3. The van der Waals surface area contributed by atoms with Crippen LogP contribution in [-0.2, 0) is 16.1 Å². The molecular formula is C9H11Br3N2O2. The Morgan fingerprint density at radius 1 is 1.38 bits per heavy atom. The number of rotatable bonds is 2.